The van der Waals surface area contributed by atoms with E-state index in [9.17, 15) is 8.78 Å². The van der Waals surface area contributed by atoms with Crippen LogP contribution in [0.3, 0.4) is 0 Å². The topological polar surface area (TPSA) is 12.4 Å². The Morgan fingerprint density at radius 3 is 2.38 bits per heavy atom. The summed E-state index contributed by atoms with van der Waals surface area (Å²) in [6.45, 7) is 2.26. The van der Waals surface area contributed by atoms with Crippen molar-refractivity contribution in [2.75, 3.05) is 0 Å². The number of thiocarbonyl (C=S) groups is 1. The summed E-state index contributed by atoms with van der Waals surface area (Å²) in [5.41, 5.74) is 1.97. The van der Waals surface area contributed by atoms with Gasteiger partial charge in [0.05, 0.1) is 10.7 Å². The molecular weight excluding hydrogens is 384 g/mol. The van der Waals surface area contributed by atoms with E-state index in [2.05, 4.69) is 48.1 Å². The van der Waals surface area contributed by atoms with Crippen LogP contribution in [0.5, 0.6) is 0 Å². The summed E-state index contributed by atoms with van der Waals surface area (Å²) >= 11 is 4.43. The number of isothiocyanates is 1. The van der Waals surface area contributed by atoms with Crippen molar-refractivity contribution < 1.29 is 8.78 Å². The van der Waals surface area contributed by atoms with Gasteiger partial charge in [-0.25, -0.2) is 8.78 Å². The highest BCUT2D eigenvalue weighted by Crippen LogP contribution is 2.37. The average molecular weight is 410 g/mol. The van der Waals surface area contributed by atoms with E-state index in [-0.39, 0.29) is 11.3 Å². The van der Waals surface area contributed by atoms with Gasteiger partial charge < -0.3 is 0 Å². The minimum atomic E-state index is -0.669. The standard InChI is InChI=1S/C25H25F2NS/c1-2-3-4-18-5-10-20(11-6-18)21-12-7-19(8-13-21)9-14-22-15-24(27)25(28-17-29)16-23(22)26/h7-8,12-13,15-16,18,20H,2-6,10-11H2,1H3. The van der Waals surface area contributed by atoms with Crippen LogP contribution in [-0.2, 0) is 0 Å². The zero-order valence-corrected chi connectivity index (χ0v) is 17.5. The Morgan fingerprint density at radius 1 is 1.00 bits per heavy atom. The first-order valence-electron chi connectivity index (χ1n) is 10.3. The Bertz CT molecular complexity index is 941. The largest absolute Gasteiger partial charge is 0.206 e. The molecule has 0 bridgehead atoms. The summed E-state index contributed by atoms with van der Waals surface area (Å²) < 4.78 is 28.0. The predicted molar refractivity (Wildman–Crippen MR) is 118 cm³/mol. The van der Waals surface area contributed by atoms with Gasteiger partial charge in [-0.05, 0) is 73.5 Å². The third-order valence-electron chi connectivity index (χ3n) is 5.74. The molecular formula is C25H25F2NS. The summed E-state index contributed by atoms with van der Waals surface area (Å²) in [6.07, 6.45) is 9.13. The second-order valence-corrected chi connectivity index (χ2v) is 7.90. The number of rotatable bonds is 5. The molecule has 0 spiro atoms. The molecule has 0 radical (unpaired) electrons. The fraction of sp³-hybridized carbons (Fsp3) is 0.400. The minimum absolute atomic E-state index is 0.000275. The molecule has 1 aliphatic rings. The molecule has 0 atom stereocenters. The van der Waals surface area contributed by atoms with Crippen molar-refractivity contribution in [1.29, 1.82) is 0 Å². The molecule has 1 saturated carbocycles. The maximum atomic E-state index is 14.1. The Morgan fingerprint density at radius 2 is 1.72 bits per heavy atom. The quantitative estimate of drug-likeness (QED) is 0.282. The highest BCUT2D eigenvalue weighted by molar-refractivity contribution is 7.78. The van der Waals surface area contributed by atoms with E-state index < -0.39 is 11.6 Å². The Balaban J connectivity index is 1.65. The molecule has 2 aromatic carbocycles. The van der Waals surface area contributed by atoms with E-state index >= 15 is 0 Å². The second-order valence-electron chi connectivity index (χ2n) is 7.72. The molecule has 4 heteroatoms. The van der Waals surface area contributed by atoms with Crippen molar-refractivity contribution in [3.05, 3.63) is 64.7 Å². The second kappa shape index (κ2) is 10.4. The fourth-order valence-corrected chi connectivity index (χ4v) is 4.12. The van der Waals surface area contributed by atoms with Gasteiger partial charge in [-0.15, -0.1) is 0 Å². The highest BCUT2D eigenvalue weighted by atomic mass is 32.1. The van der Waals surface area contributed by atoms with Crippen LogP contribution in [0.2, 0.25) is 0 Å². The lowest BCUT2D eigenvalue weighted by atomic mass is 9.77. The molecule has 1 aliphatic carbocycles. The number of aliphatic imine (C=N–C) groups is 1. The minimum Gasteiger partial charge on any atom is -0.206 e. The summed E-state index contributed by atoms with van der Waals surface area (Å²) in [5.74, 6) is 5.85. The van der Waals surface area contributed by atoms with Crippen molar-refractivity contribution in [2.24, 2.45) is 10.9 Å². The lowest BCUT2D eigenvalue weighted by molar-refractivity contribution is 0.304. The van der Waals surface area contributed by atoms with Crippen molar-refractivity contribution in [1.82, 2.24) is 0 Å². The van der Waals surface area contributed by atoms with Crippen molar-refractivity contribution in [2.45, 2.75) is 57.8 Å². The van der Waals surface area contributed by atoms with Crippen molar-refractivity contribution in [3.8, 4) is 11.8 Å². The average Bonchev–Trinajstić information content (AvgIpc) is 2.74. The van der Waals surface area contributed by atoms with Gasteiger partial charge in [-0.3, -0.25) is 0 Å². The molecule has 29 heavy (non-hydrogen) atoms. The normalized spacial score (nSPS) is 18.4. The maximum Gasteiger partial charge on any atom is 0.151 e. The number of hydrogen-bond acceptors (Lipinski definition) is 2. The van der Waals surface area contributed by atoms with Crippen LogP contribution in [0.4, 0.5) is 14.5 Å². The van der Waals surface area contributed by atoms with Crippen LogP contribution in [0.1, 0.15) is 74.5 Å². The lowest BCUT2D eigenvalue weighted by Crippen LogP contribution is -2.13. The molecule has 1 fully saturated rings. The van der Waals surface area contributed by atoms with Crippen LogP contribution < -0.4 is 0 Å². The van der Waals surface area contributed by atoms with Gasteiger partial charge >= 0.3 is 0 Å². The Labute approximate surface area is 177 Å². The number of benzene rings is 2. The van der Waals surface area contributed by atoms with Crippen LogP contribution >= 0.6 is 12.2 Å². The number of nitrogens with zero attached hydrogens (tertiary/aromatic N) is 1. The molecule has 1 nitrogen and oxygen atoms in total. The van der Waals surface area contributed by atoms with Crippen LogP contribution in [0, 0.1) is 29.4 Å². The monoisotopic (exact) mass is 409 g/mol. The smallest absolute Gasteiger partial charge is 0.151 e. The van der Waals surface area contributed by atoms with E-state index in [0.29, 0.717) is 5.92 Å². The van der Waals surface area contributed by atoms with Crippen LogP contribution in [0.15, 0.2) is 41.4 Å². The predicted octanol–water partition coefficient (Wildman–Crippen LogP) is 7.56. The van der Waals surface area contributed by atoms with Gasteiger partial charge in [0.15, 0.2) is 5.82 Å². The molecule has 0 aliphatic heterocycles. The lowest BCUT2D eigenvalue weighted by Gasteiger charge is -2.28. The van der Waals surface area contributed by atoms with Gasteiger partial charge in [0.25, 0.3) is 0 Å². The fourth-order valence-electron chi connectivity index (χ4n) is 4.02. The highest BCUT2D eigenvalue weighted by Gasteiger charge is 2.21. The number of unbranched alkanes of at least 4 members (excludes halogenated alkanes) is 1. The third kappa shape index (κ3) is 5.82. The van der Waals surface area contributed by atoms with E-state index in [4.69, 9.17) is 0 Å². The molecule has 0 N–H and O–H groups in total. The number of hydrogen-bond donors (Lipinski definition) is 0. The molecule has 150 valence electrons. The van der Waals surface area contributed by atoms with Gasteiger partial charge in [0.2, 0.25) is 0 Å². The van der Waals surface area contributed by atoms with Crippen molar-refractivity contribution in [3.63, 3.8) is 0 Å². The van der Waals surface area contributed by atoms with Crippen LogP contribution in [-0.4, -0.2) is 5.16 Å². The zero-order valence-electron chi connectivity index (χ0n) is 16.7. The summed E-state index contributed by atoms with van der Waals surface area (Å²) in [5, 5.41) is 2.04. The van der Waals surface area contributed by atoms with Crippen LogP contribution in [0.25, 0.3) is 0 Å². The summed E-state index contributed by atoms with van der Waals surface area (Å²) in [4.78, 5) is 3.50. The Kier molecular flexibility index (Phi) is 7.69. The maximum absolute atomic E-state index is 14.1. The van der Waals surface area contributed by atoms with Crippen molar-refractivity contribution >= 4 is 23.1 Å². The number of halogens is 2. The first kappa shape index (κ1) is 21.4. The zero-order chi connectivity index (χ0) is 20.6. The third-order valence-corrected chi connectivity index (χ3v) is 5.83. The SMILES string of the molecule is CCCCC1CCC(c2ccc(C#Cc3cc(F)c(N=C=S)cc3F)cc2)CC1. The van der Waals surface area contributed by atoms with Gasteiger partial charge in [0.1, 0.15) is 11.5 Å². The van der Waals surface area contributed by atoms with E-state index in [1.807, 2.05) is 17.3 Å². The molecule has 0 saturated heterocycles. The van der Waals surface area contributed by atoms with E-state index in [0.717, 1.165) is 23.6 Å². The summed E-state index contributed by atoms with van der Waals surface area (Å²) in [7, 11) is 0. The summed E-state index contributed by atoms with van der Waals surface area (Å²) in [6, 6.07) is 10.2. The van der Waals surface area contributed by atoms with Gasteiger partial charge in [0, 0.05) is 11.6 Å². The molecule has 0 heterocycles. The molecule has 0 unspecified atom stereocenters. The first-order valence-corrected chi connectivity index (χ1v) is 10.7. The molecule has 0 aromatic heterocycles. The molecule has 3 rings (SSSR count). The molecule has 0 amide bonds. The van der Waals surface area contributed by atoms with Gasteiger partial charge in [-0.1, -0.05) is 50.2 Å². The molecule has 2 aromatic rings. The van der Waals surface area contributed by atoms with E-state index in [1.54, 1.807) is 0 Å². The first-order chi connectivity index (χ1) is 14.1. The van der Waals surface area contributed by atoms with E-state index in [1.165, 1.54) is 50.5 Å². The Hall–Kier alpha value is -2.34. The van der Waals surface area contributed by atoms with Gasteiger partial charge in [-0.2, -0.15) is 4.99 Å².